The number of nitrogens with two attached hydrogens (primary N) is 1. The summed E-state index contributed by atoms with van der Waals surface area (Å²) >= 11 is 0. The molecule has 0 aliphatic carbocycles. The Morgan fingerprint density at radius 3 is 2.47 bits per heavy atom. The summed E-state index contributed by atoms with van der Waals surface area (Å²) in [5.74, 6) is 0. The molecule has 2 aromatic carbocycles. The standard InChI is InChI=1S/C17H22N2/c1-14-5-3-7-17(13-14)19(2)12-4-6-15-8-10-16(18)11-9-15/h3,5,7-11,13H,4,6,12,18H2,1-2H3. The quantitative estimate of drug-likeness (QED) is 0.825. The third kappa shape index (κ3) is 4.02. The Morgan fingerprint density at radius 2 is 1.79 bits per heavy atom. The predicted molar refractivity (Wildman–Crippen MR) is 83.6 cm³/mol. The zero-order valence-electron chi connectivity index (χ0n) is 11.8. The second kappa shape index (κ2) is 6.28. The molecule has 0 spiro atoms. The Hall–Kier alpha value is -1.96. The molecule has 19 heavy (non-hydrogen) atoms. The highest BCUT2D eigenvalue weighted by molar-refractivity contribution is 5.47. The largest absolute Gasteiger partial charge is 0.399 e. The number of hydrogen-bond donors (Lipinski definition) is 1. The van der Waals surface area contributed by atoms with E-state index in [1.54, 1.807) is 0 Å². The second-order valence-electron chi connectivity index (χ2n) is 5.11. The molecule has 2 N–H and O–H groups in total. The number of aryl methyl sites for hydroxylation is 2. The Labute approximate surface area is 115 Å². The van der Waals surface area contributed by atoms with Crippen molar-refractivity contribution in [3.8, 4) is 0 Å². The van der Waals surface area contributed by atoms with Crippen molar-refractivity contribution in [3.63, 3.8) is 0 Å². The van der Waals surface area contributed by atoms with E-state index in [-0.39, 0.29) is 0 Å². The molecule has 0 bridgehead atoms. The van der Waals surface area contributed by atoms with Crippen molar-refractivity contribution in [1.82, 2.24) is 0 Å². The molecule has 2 rings (SSSR count). The van der Waals surface area contributed by atoms with E-state index in [1.807, 2.05) is 12.1 Å². The van der Waals surface area contributed by atoms with E-state index in [0.29, 0.717) is 0 Å². The number of benzene rings is 2. The highest BCUT2D eigenvalue weighted by atomic mass is 15.1. The first-order chi connectivity index (χ1) is 9.15. The summed E-state index contributed by atoms with van der Waals surface area (Å²) in [4.78, 5) is 2.31. The minimum atomic E-state index is 0.834. The highest BCUT2D eigenvalue weighted by Gasteiger charge is 2.01. The monoisotopic (exact) mass is 254 g/mol. The predicted octanol–water partition coefficient (Wildman–Crippen LogP) is 3.65. The van der Waals surface area contributed by atoms with Gasteiger partial charge in [-0.1, -0.05) is 24.3 Å². The zero-order chi connectivity index (χ0) is 13.7. The van der Waals surface area contributed by atoms with Gasteiger partial charge in [0.15, 0.2) is 0 Å². The van der Waals surface area contributed by atoms with Crippen LogP contribution in [0.2, 0.25) is 0 Å². The van der Waals surface area contributed by atoms with Gasteiger partial charge in [-0.05, 0) is 55.2 Å². The topological polar surface area (TPSA) is 29.3 Å². The van der Waals surface area contributed by atoms with Crippen molar-refractivity contribution >= 4 is 11.4 Å². The summed E-state index contributed by atoms with van der Waals surface area (Å²) in [5.41, 5.74) is 10.5. The van der Waals surface area contributed by atoms with Gasteiger partial charge in [0, 0.05) is 25.0 Å². The van der Waals surface area contributed by atoms with Gasteiger partial charge in [-0.15, -0.1) is 0 Å². The maximum atomic E-state index is 5.69. The smallest absolute Gasteiger partial charge is 0.0366 e. The minimum absolute atomic E-state index is 0.834. The maximum Gasteiger partial charge on any atom is 0.0366 e. The summed E-state index contributed by atoms with van der Waals surface area (Å²) in [5, 5.41) is 0. The molecule has 2 heteroatoms. The molecule has 0 atom stereocenters. The SMILES string of the molecule is Cc1cccc(N(C)CCCc2ccc(N)cc2)c1. The molecule has 0 fully saturated rings. The average Bonchev–Trinajstić information content (AvgIpc) is 2.41. The van der Waals surface area contributed by atoms with Crippen LogP contribution in [0.3, 0.4) is 0 Å². The molecule has 0 unspecified atom stereocenters. The van der Waals surface area contributed by atoms with Crippen molar-refractivity contribution in [1.29, 1.82) is 0 Å². The molecular formula is C17H22N2. The lowest BCUT2D eigenvalue weighted by Crippen LogP contribution is -2.18. The Kier molecular flexibility index (Phi) is 4.45. The first-order valence-electron chi connectivity index (χ1n) is 6.77. The lowest BCUT2D eigenvalue weighted by atomic mass is 10.1. The van der Waals surface area contributed by atoms with Crippen LogP contribution in [0.15, 0.2) is 48.5 Å². The normalized spacial score (nSPS) is 10.4. The number of rotatable bonds is 5. The Balaban J connectivity index is 1.84. The fourth-order valence-corrected chi connectivity index (χ4v) is 2.20. The summed E-state index contributed by atoms with van der Waals surface area (Å²) in [6.07, 6.45) is 2.24. The molecule has 0 aliphatic rings. The summed E-state index contributed by atoms with van der Waals surface area (Å²) in [7, 11) is 2.15. The number of hydrogen-bond acceptors (Lipinski definition) is 2. The molecule has 0 aromatic heterocycles. The molecule has 2 aromatic rings. The van der Waals surface area contributed by atoms with Crippen LogP contribution in [0.5, 0.6) is 0 Å². The summed E-state index contributed by atoms with van der Waals surface area (Å²) in [6.45, 7) is 3.19. The molecule has 0 saturated carbocycles. The van der Waals surface area contributed by atoms with Crippen LogP contribution in [-0.4, -0.2) is 13.6 Å². The van der Waals surface area contributed by atoms with Crippen LogP contribution >= 0.6 is 0 Å². The Morgan fingerprint density at radius 1 is 1.05 bits per heavy atom. The first-order valence-corrected chi connectivity index (χ1v) is 6.77. The fourth-order valence-electron chi connectivity index (χ4n) is 2.20. The maximum absolute atomic E-state index is 5.69. The molecule has 0 saturated heterocycles. The van der Waals surface area contributed by atoms with Crippen LogP contribution in [0.1, 0.15) is 17.5 Å². The minimum Gasteiger partial charge on any atom is -0.399 e. The van der Waals surface area contributed by atoms with Gasteiger partial charge in [0.2, 0.25) is 0 Å². The van der Waals surface area contributed by atoms with Gasteiger partial charge < -0.3 is 10.6 Å². The van der Waals surface area contributed by atoms with Gasteiger partial charge in [0.25, 0.3) is 0 Å². The van der Waals surface area contributed by atoms with Crippen molar-refractivity contribution < 1.29 is 0 Å². The van der Waals surface area contributed by atoms with Crippen molar-refractivity contribution in [2.45, 2.75) is 19.8 Å². The van der Waals surface area contributed by atoms with Crippen LogP contribution in [0.25, 0.3) is 0 Å². The summed E-state index contributed by atoms with van der Waals surface area (Å²) in [6, 6.07) is 16.8. The number of nitrogen functional groups attached to an aromatic ring is 1. The van der Waals surface area contributed by atoms with Crippen molar-refractivity contribution in [2.75, 3.05) is 24.2 Å². The van der Waals surface area contributed by atoms with Gasteiger partial charge in [0.1, 0.15) is 0 Å². The lowest BCUT2D eigenvalue weighted by Gasteiger charge is -2.19. The molecule has 0 aliphatic heterocycles. The lowest BCUT2D eigenvalue weighted by molar-refractivity contribution is 0.785. The summed E-state index contributed by atoms with van der Waals surface area (Å²) < 4.78 is 0. The van der Waals surface area contributed by atoms with E-state index in [9.17, 15) is 0 Å². The molecule has 0 heterocycles. The molecule has 2 nitrogen and oxygen atoms in total. The third-order valence-corrected chi connectivity index (χ3v) is 3.38. The van der Waals surface area contributed by atoms with Gasteiger partial charge in [-0.25, -0.2) is 0 Å². The molecule has 0 radical (unpaired) electrons. The number of anilines is 2. The van der Waals surface area contributed by atoms with E-state index in [1.165, 1.54) is 16.8 Å². The van der Waals surface area contributed by atoms with Crippen LogP contribution in [0, 0.1) is 6.92 Å². The van der Waals surface area contributed by atoms with Crippen molar-refractivity contribution in [2.24, 2.45) is 0 Å². The third-order valence-electron chi connectivity index (χ3n) is 3.38. The average molecular weight is 254 g/mol. The zero-order valence-corrected chi connectivity index (χ0v) is 11.8. The first kappa shape index (κ1) is 13.5. The molecular weight excluding hydrogens is 232 g/mol. The van der Waals surface area contributed by atoms with Gasteiger partial charge in [-0.2, -0.15) is 0 Å². The fraction of sp³-hybridized carbons (Fsp3) is 0.294. The van der Waals surface area contributed by atoms with E-state index < -0.39 is 0 Å². The van der Waals surface area contributed by atoms with Crippen LogP contribution in [-0.2, 0) is 6.42 Å². The van der Waals surface area contributed by atoms with Crippen LogP contribution < -0.4 is 10.6 Å². The van der Waals surface area contributed by atoms with E-state index in [2.05, 4.69) is 55.3 Å². The number of nitrogens with zero attached hydrogens (tertiary/aromatic N) is 1. The van der Waals surface area contributed by atoms with E-state index in [0.717, 1.165) is 25.1 Å². The van der Waals surface area contributed by atoms with Gasteiger partial charge >= 0.3 is 0 Å². The van der Waals surface area contributed by atoms with E-state index in [4.69, 9.17) is 5.73 Å². The molecule has 100 valence electrons. The van der Waals surface area contributed by atoms with Crippen molar-refractivity contribution in [3.05, 3.63) is 59.7 Å². The van der Waals surface area contributed by atoms with Gasteiger partial charge in [0.05, 0.1) is 0 Å². The highest BCUT2D eigenvalue weighted by Crippen LogP contribution is 2.15. The molecule has 0 amide bonds. The Bertz CT molecular complexity index is 517. The van der Waals surface area contributed by atoms with Gasteiger partial charge in [-0.3, -0.25) is 0 Å². The van der Waals surface area contributed by atoms with Crippen LogP contribution in [0.4, 0.5) is 11.4 Å². The second-order valence-corrected chi connectivity index (χ2v) is 5.11. The van der Waals surface area contributed by atoms with E-state index >= 15 is 0 Å².